The van der Waals surface area contributed by atoms with Crippen molar-refractivity contribution >= 4 is 11.7 Å². The number of hydrogen-bond acceptors (Lipinski definition) is 8. The third kappa shape index (κ3) is 3.91. The van der Waals surface area contributed by atoms with E-state index in [1.54, 1.807) is 11.0 Å². The second-order valence-corrected chi connectivity index (χ2v) is 7.23. The minimum atomic E-state index is -0.285. The zero-order valence-electron chi connectivity index (χ0n) is 16.7. The Hall–Kier alpha value is -3.95. The van der Waals surface area contributed by atoms with E-state index < -0.39 is 0 Å². The first-order valence-electron chi connectivity index (χ1n) is 9.96. The van der Waals surface area contributed by atoms with Crippen molar-refractivity contribution in [2.45, 2.75) is 6.54 Å². The molecular formula is C21H20N6O4. The number of benzene rings is 1. The Morgan fingerprint density at radius 2 is 1.81 bits per heavy atom. The van der Waals surface area contributed by atoms with Gasteiger partial charge in [-0.25, -0.2) is 4.68 Å². The maximum atomic E-state index is 12.5. The zero-order valence-corrected chi connectivity index (χ0v) is 16.7. The molecule has 31 heavy (non-hydrogen) atoms. The highest BCUT2D eigenvalue weighted by atomic mass is 16.7. The highest BCUT2D eigenvalue weighted by molar-refractivity contribution is 5.76. The first-order valence-corrected chi connectivity index (χ1v) is 9.96. The third-order valence-electron chi connectivity index (χ3n) is 5.35. The molecule has 0 N–H and O–H groups in total. The van der Waals surface area contributed by atoms with E-state index in [1.807, 2.05) is 30.3 Å². The van der Waals surface area contributed by atoms with Gasteiger partial charge >= 0.3 is 0 Å². The fourth-order valence-corrected chi connectivity index (χ4v) is 3.62. The van der Waals surface area contributed by atoms with Crippen molar-refractivity contribution in [2.75, 3.05) is 37.9 Å². The number of nitrogens with zero attached hydrogens (tertiary/aromatic N) is 6. The largest absolute Gasteiger partial charge is 0.454 e. The highest BCUT2D eigenvalue weighted by Gasteiger charge is 2.23. The fourth-order valence-electron chi connectivity index (χ4n) is 3.62. The van der Waals surface area contributed by atoms with Crippen molar-refractivity contribution in [1.29, 1.82) is 0 Å². The maximum Gasteiger partial charge on any atom is 0.267 e. The quantitative estimate of drug-likeness (QED) is 0.610. The number of hydrogen-bond donors (Lipinski definition) is 0. The molecule has 4 heterocycles. The number of carbonyl (C=O) groups excluding carboxylic acids is 1. The summed E-state index contributed by atoms with van der Waals surface area (Å²) in [6, 6.07) is 12.5. The normalized spacial score (nSPS) is 15.2. The molecule has 5 rings (SSSR count). The van der Waals surface area contributed by atoms with Crippen LogP contribution >= 0.6 is 0 Å². The van der Waals surface area contributed by atoms with Crippen LogP contribution in [0.25, 0.3) is 11.3 Å². The SMILES string of the molecule is O=C(Cn1ncccc1=O)N1CCN(c2ccc(-c3ccc4c(c3)OCO4)nn2)CC1. The number of carbonyl (C=O) groups is 1. The van der Waals surface area contributed by atoms with Crippen LogP contribution in [0.3, 0.4) is 0 Å². The molecule has 1 aromatic carbocycles. The predicted molar refractivity (Wildman–Crippen MR) is 111 cm³/mol. The van der Waals surface area contributed by atoms with Gasteiger partial charge in [0.25, 0.3) is 5.56 Å². The Bertz CT molecular complexity index is 1160. The van der Waals surface area contributed by atoms with Gasteiger partial charge in [-0.15, -0.1) is 10.2 Å². The smallest absolute Gasteiger partial charge is 0.267 e. The molecule has 0 spiro atoms. The number of anilines is 1. The van der Waals surface area contributed by atoms with Crippen molar-refractivity contribution in [3.05, 3.63) is 59.0 Å². The lowest BCUT2D eigenvalue weighted by Crippen LogP contribution is -2.50. The van der Waals surface area contributed by atoms with E-state index in [-0.39, 0.29) is 24.8 Å². The van der Waals surface area contributed by atoms with Crippen molar-refractivity contribution in [2.24, 2.45) is 0 Å². The van der Waals surface area contributed by atoms with Crippen molar-refractivity contribution < 1.29 is 14.3 Å². The van der Waals surface area contributed by atoms with Crippen molar-refractivity contribution in [3.63, 3.8) is 0 Å². The number of ether oxygens (including phenoxy) is 2. The van der Waals surface area contributed by atoms with E-state index in [0.29, 0.717) is 31.9 Å². The van der Waals surface area contributed by atoms with Crippen molar-refractivity contribution in [1.82, 2.24) is 24.9 Å². The van der Waals surface area contributed by atoms with Crippen LogP contribution in [0.1, 0.15) is 0 Å². The first kappa shape index (κ1) is 19.0. The number of amides is 1. The number of piperazine rings is 1. The monoisotopic (exact) mass is 420 g/mol. The molecule has 0 radical (unpaired) electrons. The van der Waals surface area contributed by atoms with Gasteiger partial charge in [0.05, 0.1) is 5.69 Å². The molecule has 3 aromatic rings. The average molecular weight is 420 g/mol. The Morgan fingerprint density at radius 3 is 2.58 bits per heavy atom. The molecule has 10 nitrogen and oxygen atoms in total. The summed E-state index contributed by atoms with van der Waals surface area (Å²) in [6.07, 6.45) is 1.50. The van der Waals surface area contributed by atoms with Crippen LogP contribution in [0.5, 0.6) is 11.5 Å². The summed E-state index contributed by atoms with van der Waals surface area (Å²) < 4.78 is 11.9. The Morgan fingerprint density at radius 1 is 0.968 bits per heavy atom. The Kier molecular flexibility index (Phi) is 4.95. The summed E-state index contributed by atoms with van der Waals surface area (Å²) in [7, 11) is 0. The van der Waals surface area contributed by atoms with Gasteiger partial charge in [0.15, 0.2) is 17.3 Å². The van der Waals surface area contributed by atoms with Crippen LogP contribution in [-0.2, 0) is 11.3 Å². The lowest BCUT2D eigenvalue weighted by atomic mass is 10.1. The van der Waals surface area contributed by atoms with Gasteiger partial charge in [-0.3, -0.25) is 9.59 Å². The predicted octanol–water partition coefficient (Wildman–Crippen LogP) is 0.778. The van der Waals surface area contributed by atoms with Gasteiger partial charge in [-0.2, -0.15) is 5.10 Å². The topological polar surface area (TPSA) is 103 Å². The molecule has 2 aliphatic rings. The van der Waals surface area contributed by atoms with E-state index in [9.17, 15) is 9.59 Å². The standard InChI is InChI=1S/C21H20N6O4/c28-20-2-1-7-22-27(20)13-21(29)26-10-8-25(9-11-26)19-6-4-16(23-24-19)15-3-5-17-18(12-15)31-14-30-17/h1-7,12H,8-11,13-14H2. The lowest BCUT2D eigenvalue weighted by molar-refractivity contribution is -0.132. The van der Waals surface area contributed by atoms with Gasteiger partial charge in [0, 0.05) is 44.0 Å². The average Bonchev–Trinajstić information content (AvgIpc) is 3.29. The lowest BCUT2D eigenvalue weighted by Gasteiger charge is -2.35. The Labute approximate surface area is 177 Å². The van der Waals surface area contributed by atoms with E-state index in [0.717, 1.165) is 22.8 Å². The van der Waals surface area contributed by atoms with E-state index >= 15 is 0 Å². The summed E-state index contributed by atoms with van der Waals surface area (Å²) in [5.41, 5.74) is 1.37. The molecule has 158 valence electrons. The van der Waals surface area contributed by atoms with Gasteiger partial charge in [-0.1, -0.05) is 0 Å². The second kappa shape index (κ2) is 8.05. The third-order valence-corrected chi connectivity index (χ3v) is 5.35. The molecule has 1 fully saturated rings. The summed E-state index contributed by atoms with van der Waals surface area (Å²) in [5, 5.41) is 12.7. The molecule has 1 saturated heterocycles. The van der Waals surface area contributed by atoms with Crippen LogP contribution < -0.4 is 19.9 Å². The second-order valence-electron chi connectivity index (χ2n) is 7.23. The van der Waals surface area contributed by atoms with Crippen LogP contribution in [0.15, 0.2) is 53.5 Å². The molecule has 2 aliphatic heterocycles. The van der Waals surface area contributed by atoms with Crippen molar-refractivity contribution in [3.8, 4) is 22.8 Å². The maximum absolute atomic E-state index is 12.5. The molecule has 0 aliphatic carbocycles. The van der Waals surface area contributed by atoms with E-state index in [2.05, 4.69) is 20.2 Å². The molecule has 0 unspecified atom stereocenters. The minimum Gasteiger partial charge on any atom is -0.454 e. The van der Waals surface area contributed by atoms with Crippen LogP contribution in [0.4, 0.5) is 5.82 Å². The van der Waals surface area contributed by atoms with Gasteiger partial charge in [-0.05, 0) is 36.4 Å². The number of rotatable bonds is 4. The van der Waals surface area contributed by atoms with Crippen LogP contribution in [-0.4, -0.2) is 63.8 Å². The summed E-state index contributed by atoms with van der Waals surface area (Å²) in [6.45, 7) is 2.56. The summed E-state index contributed by atoms with van der Waals surface area (Å²) in [5.74, 6) is 2.08. The highest BCUT2D eigenvalue weighted by Crippen LogP contribution is 2.35. The Balaban J connectivity index is 1.20. The van der Waals surface area contributed by atoms with Gasteiger partial charge in [0.2, 0.25) is 12.7 Å². The molecule has 0 atom stereocenters. The summed E-state index contributed by atoms with van der Waals surface area (Å²) in [4.78, 5) is 28.1. The molecule has 0 saturated carbocycles. The summed E-state index contributed by atoms with van der Waals surface area (Å²) >= 11 is 0. The van der Waals surface area contributed by atoms with Gasteiger partial charge < -0.3 is 19.3 Å². The molecular weight excluding hydrogens is 400 g/mol. The molecule has 2 aromatic heterocycles. The first-order chi connectivity index (χ1) is 15.2. The van der Waals surface area contributed by atoms with Crippen LogP contribution in [0, 0.1) is 0 Å². The van der Waals surface area contributed by atoms with E-state index in [4.69, 9.17) is 9.47 Å². The van der Waals surface area contributed by atoms with Gasteiger partial charge in [0.1, 0.15) is 6.54 Å². The molecule has 10 heteroatoms. The molecule has 1 amide bonds. The number of aromatic nitrogens is 4. The molecule has 0 bridgehead atoms. The minimum absolute atomic E-state index is 0.0519. The zero-order chi connectivity index (χ0) is 21.2. The van der Waals surface area contributed by atoms with E-state index in [1.165, 1.54) is 16.9 Å². The number of fused-ring (bicyclic) bond motifs is 1. The fraction of sp³-hybridized carbons (Fsp3) is 0.286. The van der Waals surface area contributed by atoms with Crippen LogP contribution in [0.2, 0.25) is 0 Å².